The molecule has 0 aliphatic carbocycles. The Morgan fingerprint density at radius 1 is 1.40 bits per heavy atom. The van der Waals surface area contributed by atoms with Gasteiger partial charge in [-0.3, -0.25) is 9.48 Å². The van der Waals surface area contributed by atoms with Crippen LogP contribution in [-0.2, 0) is 11.3 Å². The van der Waals surface area contributed by atoms with Crippen molar-refractivity contribution in [3.05, 3.63) is 13.7 Å². The van der Waals surface area contributed by atoms with Gasteiger partial charge in [-0.1, -0.05) is 0 Å². The summed E-state index contributed by atoms with van der Waals surface area (Å²) >= 11 is 10.0. The zero-order valence-electron chi connectivity index (χ0n) is 8.30. The molecular formula is C8H10Br3N3O. The number of hydrogen-bond donors (Lipinski definition) is 0. The molecule has 0 atom stereocenters. The van der Waals surface area contributed by atoms with Crippen molar-refractivity contribution in [3.63, 3.8) is 0 Å². The Kier molecular flexibility index (Phi) is 4.79. The van der Waals surface area contributed by atoms with Crippen molar-refractivity contribution in [2.45, 2.75) is 13.0 Å². The summed E-state index contributed by atoms with van der Waals surface area (Å²) in [6, 6.07) is 0. The number of aromatic nitrogens is 2. The van der Waals surface area contributed by atoms with Gasteiger partial charge in [-0.05, 0) is 47.8 Å². The second kappa shape index (κ2) is 5.45. The Bertz CT molecular complexity index is 375. The topological polar surface area (TPSA) is 38.1 Å². The number of carbonyl (C=O) groups is 1. The number of carbonyl (C=O) groups excluding carboxylic acids is 1. The lowest BCUT2D eigenvalue weighted by Crippen LogP contribution is -2.23. The Hall–Kier alpha value is 0.120. The maximum Gasteiger partial charge on any atom is 0.223 e. The molecule has 0 N–H and O–H groups in total. The molecule has 15 heavy (non-hydrogen) atoms. The lowest BCUT2D eigenvalue weighted by molar-refractivity contribution is -0.128. The molecule has 1 heterocycles. The zero-order valence-corrected chi connectivity index (χ0v) is 13.1. The molecule has 1 rings (SSSR count). The van der Waals surface area contributed by atoms with Crippen molar-refractivity contribution in [1.82, 2.24) is 14.7 Å². The molecule has 84 valence electrons. The largest absolute Gasteiger partial charge is 0.349 e. The van der Waals surface area contributed by atoms with E-state index in [1.54, 1.807) is 23.7 Å². The molecule has 1 aromatic rings. The fourth-order valence-electron chi connectivity index (χ4n) is 0.966. The minimum absolute atomic E-state index is 0.0876. The number of hydrogen-bond acceptors (Lipinski definition) is 2. The van der Waals surface area contributed by atoms with Crippen LogP contribution in [0.3, 0.4) is 0 Å². The third-order valence-corrected chi connectivity index (χ3v) is 5.01. The number of halogens is 3. The molecule has 1 aromatic heterocycles. The van der Waals surface area contributed by atoms with Crippen LogP contribution >= 0.6 is 47.8 Å². The summed E-state index contributed by atoms with van der Waals surface area (Å²) in [4.78, 5) is 12.9. The molecule has 0 spiro atoms. The summed E-state index contributed by atoms with van der Waals surface area (Å²) in [6.07, 6.45) is 0.437. The monoisotopic (exact) mass is 401 g/mol. The van der Waals surface area contributed by atoms with Crippen LogP contribution < -0.4 is 0 Å². The van der Waals surface area contributed by atoms with Gasteiger partial charge in [-0.2, -0.15) is 5.10 Å². The molecule has 0 aromatic carbocycles. The average Bonchev–Trinajstić information content (AvgIpc) is 2.42. The fraction of sp³-hybridized carbons (Fsp3) is 0.500. The highest BCUT2D eigenvalue weighted by molar-refractivity contribution is 9.14. The van der Waals surface area contributed by atoms with E-state index < -0.39 is 0 Å². The van der Waals surface area contributed by atoms with Gasteiger partial charge in [0.15, 0.2) is 0 Å². The quantitative estimate of drug-likeness (QED) is 0.778. The highest BCUT2D eigenvalue weighted by Gasteiger charge is 2.12. The predicted molar refractivity (Wildman–Crippen MR) is 68.6 cm³/mol. The Labute approximate surface area is 113 Å². The Balaban J connectivity index is 2.66. The van der Waals surface area contributed by atoms with E-state index in [0.29, 0.717) is 13.0 Å². The summed E-state index contributed by atoms with van der Waals surface area (Å²) in [6.45, 7) is 0.557. The standard InChI is InChI=1S/C8H10Br3N3O/c1-13(2)5(15)3-4-14-8(11)6(9)7(10)12-14/h3-4H2,1-2H3. The summed E-state index contributed by atoms with van der Waals surface area (Å²) in [5.41, 5.74) is 0. The molecule has 0 bridgehead atoms. The Morgan fingerprint density at radius 3 is 2.40 bits per heavy atom. The molecule has 0 fully saturated rings. The van der Waals surface area contributed by atoms with Gasteiger partial charge in [0.2, 0.25) is 5.91 Å². The maximum absolute atomic E-state index is 11.4. The van der Waals surface area contributed by atoms with Crippen LogP contribution in [0.1, 0.15) is 6.42 Å². The van der Waals surface area contributed by atoms with Crippen LogP contribution in [0, 0.1) is 0 Å². The molecule has 7 heteroatoms. The molecule has 4 nitrogen and oxygen atoms in total. The number of aryl methyl sites for hydroxylation is 1. The highest BCUT2D eigenvalue weighted by Crippen LogP contribution is 2.30. The second-order valence-corrected chi connectivity index (χ2v) is 5.45. The average molecular weight is 404 g/mol. The minimum atomic E-state index is 0.0876. The van der Waals surface area contributed by atoms with Gasteiger partial charge in [0.25, 0.3) is 0 Å². The van der Waals surface area contributed by atoms with E-state index in [1.807, 2.05) is 0 Å². The van der Waals surface area contributed by atoms with E-state index in [2.05, 4.69) is 52.9 Å². The SMILES string of the molecule is CN(C)C(=O)CCn1nc(Br)c(Br)c1Br. The Morgan fingerprint density at radius 2 is 2.00 bits per heavy atom. The second-order valence-electron chi connectivity index (χ2n) is 3.16. The van der Waals surface area contributed by atoms with Crippen LogP contribution in [-0.4, -0.2) is 34.7 Å². The first kappa shape index (κ1) is 13.2. The van der Waals surface area contributed by atoms with Gasteiger partial charge in [-0.15, -0.1) is 0 Å². The van der Waals surface area contributed by atoms with E-state index in [4.69, 9.17) is 0 Å². The smallest absolute Gasteiger partial charge is 0.223 e. The molecule has 0 aliphatic heterocycles. The van der Waals surface area contributed by atoms with Gasteiger partial charge >= 0.3 is 0 Å². The normalized spacial score (nSPS) is 10.5. The van der Waals surface area contributed by atoms with Gasteiger partial charge < -0.3 is 4.90 Å². The maximum atomic E-state index is 11.4. The van der Waals surface area contributed by atoms with Gasteiger partial charge in [0.1, 0.15) is 9.21 Å². The van der Waals surface area contributed by atoms with Gasteiger partial charge in [0.05, 0.1) is 11.0 Å². The summed E-state index contributed by atoms with van der Waals surface area (Å²) in [7, 11) is 3.48. The molecule has 0 unspecified atom stereocenters. The van der Waals surface area contributed by atoms with Crippen LogP contribution in [0.5, 0.6) is 0 Å². The lowest BCUT2D eigenvalue weighted by atomic mass is 10.4. The molecule has 1 amide bonds. The molecule has 0 radical (unpaired) electrons. The first-order chi connectivity index (χ1) is 6.93. The molecule has 0 saturated heterocycles. The fourth-order valence-corrected chi connectivity index (χ4v) is 2.34. The van der Waals surface area contributed by atoms with Crippen molar-refractivity contribution >= 4 is 53.7 Å². The van der Waals surface area contributed by atoms with Crippen LogP contribution in [0.15, 0.2) is 13.7 Å². The van der Waals surface area contributed by atoms with Crippen molar-refractivity contribution in [3.8, 4) is 0 Å². The molecule has 0 aliphatic rings. The van der Waals surface area contributed by atoms with Crippen molar-refractivity contribution < 1.29 is 4.79 Å². The predicted octanol–water partition coefficient (Wildman–Crippen LogP) is 2.65. The first-order valence-electron chi connectivity index (χ1n) is 4.21. The summed E-state index contributed by atoms with van der Waals surface area (Å²) in [5, 5.41) is 4.21. The number of nitrogens with zero attached hydrogens (tertiary/aromatic N) is 3. The summed E-state index contributed by atoms with van der Waals surface area (Å²) in [5.74, 6) is 0.0876. The minimum Gasteiger partial charge on any atom is -0.349 e. The van der Waals surface area contributed by atoms with Gasteiger partial charge in [0, 0.05) is 20.5 Å². The van der Waals surface area contributed by atoms with E-state index in [9.17, 15) is 4.79 Å². The highest BCUT2D eigenvalue weighted by atomic mass is 79.9. The van der Waals surface area contributed by atoms with Crippen LogP contribution in [0.4, 0.5) is 0 Å². The molecule has 0 saturated carbocycles. The van der Waals surface area contributed by atoms with E-state index in [0.717, 1.165) is 13.7 Å². The van der Waals surface area contributed by atoms with Crippen molar-refractivity contribution in [2.24, 2.45) is 0 Å². The first-order valence-corrected chi connectivity index (χ1v) is 6.59. The van der Waals surface area contributed by atoms with Crippen molar-refractivity contribution in [2.75, 3.05) is 14.1 Å². The third-order valence-electron chi connectivity index (χ3n) is 1.83. The zero-order chi connectivity index (χ0) is 11.6. The summed E-state index contributed by atoms with van der Waals surface area (Å²) < 4.78 is 4.16. The van der Waals surface area contributed by atoms with E-state index in [1.165, 1.54) is 0 Å². The van der Waals surface area contributed by atoms with Crippen LogP contribution in [0.25, 0.3) is 0 Å². The van der Waals surface area contributed by atoms with Gasteiger partial charge in [-0.25, -0.2) is 0 Å². The number of amides is 1. The van der Waals surface area contributed by atoms with E-state index in [-0.39, 0.29) is 5.91 Å². The third kappa shape index (κ3) is 3.29. The molecular weight excluding hydrogens is 394 g/mol. The van der Waals surface area contributed by atoms with Crippen molar-refractivity contribution in [1.29, 1.82) is 0 Å². The lowest BCUT2D eigenvalue weighted by Gasteiger charge is -2.10. The van der Waals surface area contributed by atoms with Crippen LogP contribution in [0.2, 0.25) is 0 Å². The number of rotatable bonds is 3. The van der Waals surface area contributed by atoms with E-state index >= 15 is 0 Å².